The van der Waals surface area contributed by atoms with E-state index in [1.165, 1.54) is 29.5 Å². The SMILES string of the molecule is CCCc1cccc(C(O)CSc2cccc(F)c2)c1. The lowest BCUT2D eigenvalue weighted by molar-refractivity contribution is 0.204. The van der Waals surface area contributed by atoms with Crippen molar-refractivity contribution in [1.29, 1.82) is 0 Å². The average Bonchev–Trinajstić information content (AvgIpc) is 2.45. The second-order valence-electron chi connectivity index (χ2n) is 4.78. The van der Waals surface area contributed by atoms with Gasteiger partial charge in [-0.3, -0.25) is 0 Å². The highest BCUT2D eigenvalue weighted by Gasteiger charge is 2.09. The Morgan fingerprint density at radius 2 is 1.95 bits per heavy atom. The molecule has 0 fully saturated rings. The Morgan fingerprint density at radius 3 is 2.70 bits per heavy atom. The predicted molar refractivity (Wildman–Crippen MR) is 82.5 cm³/mol. The van der Waals surface area contributed by atoms with Crippen molar-refractivity contribution in [3.8, 4) is 0 Å². The smallest absolute Gasteiger partial charge is 0.124 e. The molecule has 0 aliphatic carbocycles. The van der Waals surface area contributed by atoms with Crippen LogP contribution in [0.2, 0.25) is 0 Å². The van der Waals surface area contributed by atoms with Gasteiger partial charge in [-0.2, -0.15) is 0 Å². The molecular formula is C17H19FOS. The van der Waals surface area contributed by atoms with E-state index in [1.54, 1.807) is 6.07 Å². The molecule has 0 saturated heterocycles. The molecule has 2 aromatic rings. The van der Waals surface area contributed by atoms with E-state index in [2.05, 4.69) is 19.1 Å². The maximum absolute atomic E-state index is 13.1. The van der Waals surface area contributed by atoms with Crippen molar-refractivity contribution in [2.45, 2.75) is 30.8 Å². The third kappa shape index (κ3) is 4.36. The number of halogens is 1. The lowest BCUT2D eigenvalue weighted by atomic mass is 10.0. The van der Waals surface area contributed by atoms with Gasteiger partial charge in [-0.15, -0.1) is 11.8 Å². The minimum absolute atomic E-state index is 0.241. The molecule has 0 heterocycles. The molecule has 2 rings (SSSR count). The third-order valence-corrected chi connectivity index (χ3v) is 4.15. The van der Waals surface area contributed by atoms with Crippen molar-refractivity contribution in [2.24, 2.45) is 0 Å². The first kappa shape index (κ1) is 15.1. The summed E-state index contributed by atoms with van der Waals surface area (Å²) >= 11 is 1.47. The molecule has 1 nitrogen and oxygen atoms in total. The Balaban J connectivity index is 1.97. The summed E-state index contributed by atoms with van der Waals surface area (Å²) in [6.07, 6.45) is 1.59. The molecule has 106 valence electrons. The number of thioether (sulfide) groups is 1. The maximum Gasteiger partial charge on any atom is 0.124 e. The van der Waals surface area contributed by atoms with E-state index in [9.17, 15) is 9.50 Å². The van der Waals surface area contributed by atoms with E-state index in [4.69, 9.17) is 0 Å². The van der Waals surface area contributed by atoms with Gasteiger partial charge in [-0.25, -0.2) is 4.39 Å². The first-order chi connectivity index (χ1) is 9.69. The number of rotatable bonds is 6. The second kappa shape index (κ2) is 7.46. The van der Waals surface area contributed by atoms with Crippen LogP contribution in [0.15, 0.2) is 53.4 Å². The highest BCUT2D eigenvalue weighted by molar-refractivity contribution is 7.99. The zero-order valence-corrected chi connectivity index (χ0v) is 12.4. The van der Waals surface area contributed by atoms with Crippen LogP contribution >= 0.6 is 11.8 Å². The van der Waals surface area contributed by atoms with Gasteiger partial charge < -0.3 is 5.11 Å². The van der Waals surface area contributed by atoms with Gasteiger partial charge in [0.05, 0.1) is 6.10 Å². The Labute approximate surface area is 123 Å². The Bertz CT molecular complexity index is 556. The molecule has 0 bridgehead atoms. The van der Waals surface area contributed by atoms with Gasteiger partial charge in [-0.1, -0.05) is 43.7 Å². The quantitative estimate of drug-likeness (QED) is 0.784. The first-order valence-corrected chi connectivity index (χ1v) is 7.83. The lowest BCUT2D eigenvalue weighted by Gasteiger charge is -2.12. The average molecular weight is 290 g/mol. The molecule has 0 radical (unpaired) electrons. The molecular weight excluding hydrogens is 271 g/mol. The van der Waals surface area contributed by atoms with Gasteiger partial charge >= 0.3 is 0 Å². The molecule has 3 heteroatoms. The summed E-state index contributed by atoms with van der Waals surface area (Å²) in [7, 11) is 0. The Hall–Kier alpha value is -1.32. The van der Waals surface area contributed by atoms with E-state index >= 15 is 0 Å². The van der Waals surface area contributed by atoms with Crippen LogP contribution < -0.4 is 0 Å². The summed E-state index contributed by atoms with van der Waals surface area (Å²) in [5.74, 6) is 0.286. The topological polar surface area (TPSA) is 20.2 Å². The van der Waals surface area contributed by atoms with Crippen molar-refractivity contribution in [1.82, 2.24) is 0 Å². The Morgan fingerprint density at radius 1 is 1.15 bits per heavy atom. The molecule has 1 unspecified atom stereocenters. The van der Waals surface area contributed by atoms with Crippen LogP contribution in [0.25, 0.3) is 0 Å². The van der Waals surface area contributed by atoms with Crippen molar-refractivity contribution >= 4 is 11.8 Å². The summed E-state index contributed by atoms with van der Waals surface area (Å²) in [6.45, 7) is 2.14. The number of aliphatic hydroxyl groups excluding tert-OH is 1. The summed E-state index contributed by atoms with van der Waals surface area (Å²) in [5, 5.41) is 10.2. The first-order valence-electron chi connectivity index (χ1n) is 6.84. The molecule has 0 aromatic heterocycles. The molecule has 2 aromatic carbocycles. The zero-order chi connectivity index (χ0) is 14.4. The number of hydrogen-bond acceptors (Lipinski definition) is 2. The van der Waals surface area contributed by atoms with E-state index in [1.807, 2.05) is 18.2 Å². The summed E-state index contributed by atoms with van der Waals surface area (Å²) in [6, 6.07) is 14.5. The summed E-state index contributed by atoms with van der Waals surface area (Å²) in [4.78, 5) is 0.841. The van der Waals surface area contributed by atoms with Gasteiger partial charge in [0.1, 0.15) is 5.82 Å². The number of aliphatic hydroxyl groups is 1. The molecule has 1 N–H and O–H groups in total. The van der Waals surface area contributed by atoms with Crippen LogP contribution in [0.5, 0.6) is 0 Å². The largest absolute Gasteiger partial charge is 0.388 e. The van der Waals surface area contributed by atoms with Gasteiger partial charge in [0, 0.05) is 10.6 Å². The van der Waals surface area contributed by atoms with Crippen molar-refractivity contribution < 1.29 is 9.50 Å². The van der Waals surface area contributed by atoms with Crippen LogP contribution in [0.3, 0.4) is 0 Å². The van der Waals surface area contributed by atoms with E-state index in [-0.39, 0.29) is 5.82 Å². The van der Waals surface area contributed by atoms with Crippen LogP contribution in [0.1, 0.15) is 30.6 Å². The van der Waals surface area contributed by atoms with Gasteiger partial charge in [0.25, 0.3) is 0 Å². The molecule has 0 aliphatic rings. The fourth-order valence-corrected chi connectivity index (χ4v) is 2.99. The normalized spacial score (nSPS) is 12.3. The molecule has 20 heavy (non-hydrogen) atoms. The van der Waals surface area contributed by atoms with Crippen LogP contribution in [0.4, 0.5) is 4.39 Å². The van der Waals surface area contributed by atoms with Gasteiger partial charge in [0.15, 0.2) is 0 Å². The monoisotopic (exact) mass is 290 g/mol. The fraction of sp³-hybridized carbons (Fsp3) is 0.294. The summed E-state index contributed by atoms with van der Waals surface area (Å²) in [5.41, 5.74) is 2.18. The van der Waals surface area contributed by atoms with Crippen LogP contribution in [0, 0.1) is 5.82 Å². The minimum atomic E-state index is -0.528. The second-order valence-corrected chi connectivity index (χ2v) is 5.87. The van der Waals surface area contributed by atoms with Crippen molar-refractivity contribution in [3.63, 3.8) is 0 Å². The van der Waals surface area contributed by atoms with Gasteiger partial charge in [-0.05, 0) is 35.7 Å². The highest BCUT2D eigenvalue weighted by atomic mass is 32.2. The zero-order valence-electron chi connectivity index (χ0n) is 11.6. The predicted octanol–water partition coefficient (Wildman–Crippen LogP) is 4.60. The lowest BCUT2D eigenvalue weighted by Crippen LogP contribution is -2.01. The third-order valence-electron chi connectivity index (χ3n) is 3.08. The molecule has 0 spiro atoms. The van der Waals surface area contributed by atoms with Gasteiger partial charge in [0.2, 0.25) is 0 Å². The number of aryl methyl sites for hydroxylation is 1. The standard InChI is InChI=1S/C17H19FOS/c1-2-5-13-6-3-7-14(10-13)17(19)12-20-16-9-4-8-15(18)11-16/h3-4,6-11,17,19H,2,5,12H2,1H3. The summed E-state index contributed by atoms with van der Waals surface area (Å²) < 4.78 is 13.1. The number of benzene rings is 2. The highest BCUT2D eigenvalue weighted by Crippen LogP contribution is 2.25. The molecule has 0 aliphatic heterocycles. The molecule has 1 atom stereocenters. The maximum atomic E-state index is 13.1. The van der Waals surface area contributed by atoms with Crippen molar-refractivity contribution in [3.05, 3.63) is 65.5 Å². The van der Waals surface area contributed by atoms with Crippen LogP contribution in [-0.4, -0.2) is 10.9 Å². The van der Waals surface area contributed by atoms with E-state index in [0.717, 1.165) is 23.3 Å². The van der Waals surface area contributed by atoms with E-state index in [0.29, 0.717) is 5.75 Å². The van der Waals surface area contributed by atoms with Crippen molar-refractivity contribution in [2.75, 3.05) is 5.75 Å². The minimum Gasteiger partial charge on any atom is -0.388 e. The molecule has 0 amide bonds. The number of hydrogen-bond donors (Lipinski definition) is 1. The molecule has 0 saturated carbocycles. The Kier molecular flexibility index (Phi) is 5.62. The van der Waals surface area contributed by atoms with E-state index < -0.39 is 6.10 Å². The fourth-order valence-electron chi connectivity index (χ4n) is 2.07. The van der Waals surface area contributed by atoms with Crippen LogP contribution in [-0.2, 0) is 6.42 Å².